The monoisotopic (exact) mass is 272 g/mol. The number of benzene rings is 1. The summed E-state index contributed by atoms with van der Waals surface area (Å²) in [6.07, 6.45) is 2.20. The number of aryl methyl sites for hydroxylation is 3. The second kappa shape index (κ2) is 6.23. The lowest BCUT2D eigenvalue weighted by Crippen LogP contribution is -2.02. The lowest BCUT2D eigenvalue weighted by atomic mass is 9.98. The Morgan fingerprint density at radius 1 is 1.30 bits per heavy atom. The summed E-state index contributed by atoms with van der Waals surface area (Å²) in [6.45, 7) is 6.25. The minimum atomic E-state index is -0.402. The molecule has 1 aromatic heterocycles. The molecule has 0 bridgehead atoms. The molecule has 1 heterocycles. The van der Waals surface area contributed by atoms with Crippen molar-refractivity contribution in [2.45, 2.75) is 46.1 Å². The van der Waals surface area contributed by atoms with Gasteiger partial charge in [-0.2, -0.15) is 5.10 Å². The van der Waals surface area contributed by atoms with Crippen molar-refractivity contribution in [2.24, 2.45) is 7.05 Å². The number of nitrogens with zero attached hydrogens (tertiary/aromatic N) is 2. The molecular weight excluding hydrogens is 248 g/mol. The summed E-state index contributed by atoms with van der Waals surface area (Å²) in [5.74, 6) is 0. The van der Waals surface area contributed by atoms with E-state index in [1.54, 1.807) is 0 Å². The smallest absolute Gasteiger partial charge is 0.0793 e. The third kappa shape index (κ3) is 3.10. The van der Waals surface area contributed by atoms with E-state index in [0.29, 0.717) is 0 Å². The molecule has 2 aromatic rings. The molecule has 0 saturated carbocycles. The van der Waals surface area contributed by atoms with Gasteiger partial charge in [0.05, 0.1) is 11.8 Å². The molecule has 0 saturated heterocycles. The molecule has 20 heavy (non-hydrogen) atoms. The van der Waals surface area contributed by atoms with Gasteiger partial charge in [-0.3, -0.25) is 4.68 Å². The third-order valence-electron chi connectivity index (χ3n) is 4.07. The molecule has 3 heteroatoms. The van der Waals surface area contributed by atoms with Gasteiger partial charge in [-0.05, 0) is 49.8 Å². The van der Waals surface area contributed by atoms with E-state index in [2.05, 4.69) is 31.1 Å². The van der Waals surface area contributed by atoms with E-state index in [-0.39, 0.29) is 0 Å². The molecular formula is C17H24N2O. The first-order valence-electron chi connectivity index (χ1n) is 7.29. The Morgan fingerprint density at radius 3 is 2.65 bits per heavy atom. The Hall–Kier alpha value is -1.61. The zero-order valence-electron chi connectivity index (χ0n) is 12.8. The first-order chi connectivity index (χ1) is 9.52. The summed E-state index contributed by atoms with van der Waals surface area (Å²) in [5.41, 5.74) is 5.81. The van der Waals surface area contributed by atoms with Gasteiger partial charge in [0.1, 0.15) is 0 Å². The predicted octanol–water partition coefficient (Wildman–Crippen LogP) is 3.27. The van der Waals surface area contributed by atoms with Gasteiger partial charge in [-0.15, -0.1) is 0 Å². The average Bonchev–Trinajstić information content (AvgIpc) is 2.70. The fourth-order valence-corrected chi connectivity index (χ4v) is 2.65. The van der Waals surface area contributed by atoms with Crippen molar-refractivity contribution in [1.29, 1.82) is 0 Å². The molecule has 1 atom stereocenters. The fraction of sp³-hybridized carbons (Fsp3) is 0.471. The van der Waals surface area contributed by atoms with Gasteiger partial charge in [0, 0.05) is 12.7 Å². The molecule has 108 valence electrons. The van der Waals surface area contributed by atoms with Crippen LogP contribution in [-0.2, 0) is 19.9 Å². The van der Waals surface area contributed by atoms with E-state index in [9.17, 15) is 5.11 Å². The van der Waals surface area contributed by atoms with Crippen LogP contribution in [0.25, 0.3) is 0 Å². The summed E-state index contributed by atoms with van der Waals surface area (Å²) in [4.78, 5) is 0. The van der Waals surface area contributed by atoms with Crippen LogP contribution in [0.15, 0.2) is 24.3 Å². The van der Waals surface area contributed by atoms with E-state index in [0.717, 1.165) is 30.5 Å². The van der Waals surface area contributed by atoms with E-state index in [1.165, 1.54) is 16.8 Å². The molecule has 1 N–H and O–H groups in total. The zero-order valence-corrected chi connectivity index (χ0v) is 12.8. The Morgan fingerprint density at radius 2 is 2.05 bits per heavy atom. The zero-order chi connectivity index (χ0) is 14.7. The van der Waals surface area contributed by atoms with Crippen molar-refractivity contribution < 1.29 is 5.11 Å². The van der Waals surface area contributed by atoms with Gasteiger partial charge in [-0.25, -0.2) is 0 Å². The van der Waals surface area contributed by atoms with E-state index in [1.807, 2.05) is 30.8 Å². The molecule has 2 rings (SSSR count). The van der Waals surface area contributed by atoms with Gasteiger partial charge in [0.2, 0.25) is 0 Å². The normalized spacial score (nSPS) is 12.7. The Balaban J connectivity index is 2.06. The maximum absolute atomic E-state index is 10.4. The van der Waals surface area contributed by atoms with Crippen molar-refractivity contribution in [1.82, 2.24) is 9.78 Å². The Labute approximate surface area is 121 Å². The van der Waals surface area contributed by atoms with Crippen molar-refractivity contribution in [3.05, 3.63) is 52.3 Å². The van der Waals surface area contributed by atoms with Crippen molar-refractivity contribution in [3.63, 3.8) is 0 Å². The Bertz CT molecular complexity index is 587. The van der Waals surface area contributed by atoms with Crippen molar-refractivity contribution >= 4 is 0 Å². The summed E-state index contributed by atoms with van der Waals surface area (Å²) in [5, 5.41) is 14.8. The minimum absolute atomic E-state index is 0.402. The van der Waals surface area contributed by atoms with Gasteiger partial charge >= 0.3 is 0 Å². The van der Waals surface area contributed by atoms with E-state index in [4.69, 9.17) is 0 Å². The highest BCUT2D eigenvalue weighted by Crippen LogP contribution is 2.22. The number of hydrogen-bond donors (Lipinski definition) is 1. The van der Waals surface area contributed by atoms with Crippen LogP contribution in [0.4, 0.5) is 0 Å². The highest BCUT2D eigenvalue weighted by atomic mass is 16.3. The molecule has 0 spiro atoms. The SMILES string of the molecule is CCc1cccc(C(O)CCc2c(C)nn(C)c2C)c1. The molecule has 1 aromatic carbocycles. The highest BCUT2D eigenvalue weighted by Gasteiger charge is 2.13. The lowest BCUT2D eigenvalue weighted by molar-refractivity contribution is 0.167. The second-order valence-corrected chi connectivity index (χ2v) is 5.43. The number of aromatic nitrogens is 2. The van der Waals surface area contributed by atoms with Crippen LogP contribution in [0.3, 0.4) is 0 Å². The third-order valence-corrected chi connectivity index (χ3v) is 4.07. The first kappa shape index (κ1) is 14.8. The molecule has 0 amide bonds. The topological polar surface area (TPSA) is 38.1 Å². The van der Waals surface area contributed by atoms with Gasteiger partial charge in [0.15, 0.2) is 0 Å². The number of aliphatic hydroxyl groups is 1. The van der Waals surface area contributed by atoms with E-state index >= 15 is 0 Å². The first-order valence-corrected chi connectivity index (χ1v) is 7.29. The number of rotatable bonds is 5. The summed E-state index contributed by atoms with van der Waals surface area (Å²) in [6, 6.07) is 8.24. The van der Waals surface area contributed by atoms with Crippen LogP contribution < -0.4 is 0 Å². The van der Waals surface area contributed by atoms with Crippen LogP contribution in [0, 0.1) is 13.8 Å². The molecule has 0 fully saturated rings. The molecule has 0 aliphatic heterocycles. The van der Waals surface area contributed by atoms with Crippen LogP contribution in [0.1, 0.15) is 47.5 Å². The van der Waals surface area contributed by atoms with E-state index < -0.39 is 6.10 Å². The van der Waals surface area contributed by atoms with Gasteiger partial charge in [-0.1, -0.05) is 31.2 Å². The Kier molecular flexibility index (Phi) is 4.61. The second-order valence-electron chi connectivity index (χ2n) is 5.43. The number of aliphatic hydroxyl groups excluding tert-OH is 1. The van der Waals surface area contributed by atoms with Gasteiger partial charge < -0.3 is 5.11 Å². The van der Waals surface area contributed by atoms with Crippen molar-refractivity contribution in [2.75, 3.05) is 0 Å². The molecule has 0 aliphatic carbocycles. The standard InChI is InChI=1S/C17H24N2O/c1-5-14-7-6-8-15(11-14)17(20)10-9-16-12(2)18-19(4)13(16)3/h6-8,11,17,20H,5,9-10H2,1-4H3. The fourth-order valence-electron chi connectivity index (χ4n) is 2.65. The quantitative estimate of drug-likeness (QED) is 0.907. The summed E-state index contributed by atoms with van der Waals surface area (Å²) in [7, 11) is 1.97. The predicted molar refractivity (Wildman–Crippen MR) is 81.8 cm³/mol. The molecule has 0 aliphatic rings. The summed E-state index contributed by atoms with van der Waals surface area (Å²) < 4.78 is 1.91. The lowest BCUT2D eigenvalue weighted by Gasteiger charge is -2.12. The van der Waals surface area contributed by atoms with Crippen LogP contribution in [-0.4, -0.2) is 14.9 Å². The molecule has 0 radical (unpaired) electrons. The average molecular weight is 272 g/mol. The van der Waals surface area contributed by atoms with Crippen LogP contribution >= 0.6 is 0 Å². The van der Waals surface area contributed by atoms with Crippen LogP contribution in [0.5, 0.6) is 0 Å². The maximum atomic E-state index is 10.4. The van der Waals surface area contributed by atoms with Crippen LogP contribution in [0.2, 0.25) is 0 Å². The largest absolute Gasteiger partial charge is 0.388 e. The van der Waals surface area contributed by atoms with Crippen molar-refractivity contribution in [3.8, 4) is 0 Å². The van der Waals surface area contributed by atoms with Gasteiger partial charge in [0.25, 0.3) is 0 Å². The summed E-state index contributed by atoms with van der Waals surface area (Å²) >= 11 is 0. The highest BCUT2D eigenvalue weighted by molar-refractivity contribution is 5.27. The molecule has 1 unspecified atom stereocenters. The number of hydrogen-bond acceptors (Lipinski definition) is 2. The maximum Gasteiger partial charge on any atom is 0.0793 e. The minimum Gasteiger partial charge on any atom is -0.388 e. The molecule has 3 nitrogen and oxygen atoms in total.